The van der Waals surface area contributed by atoms with Crippen LogP contribution in [0.2, 0.25) is 0 Å². The van der Waals surface area contributed by atoms with Crippen LogP contribution in [0.3, 0.4) is 0 Å². The second kappa shape index (κ2) is 5.04. The zero-order valence-corrected chi connectivity index (χ0v) is 11.1. The molecule has 1 fully saturated rings. The van der Waals surface area contributed by atoms with Crippen molar-refractivity contribution in [2.45, 2.75) is 45.6 Å². The molecule has 2 rings (SSSR count). The quantitative estimate of drug-likeness (QED) is 0.848. The molecule has 1 N–H and O–H groups in total. The Morgan fingerprint density at radius 3 is 2.76 bits per heavy atom. The molecule has 4 nitrogen and oxygen atoms in total. The van der Waals surface area contributed by atoms with Gasteiger partial charge in [0.1, 0.15) is 0 Å². The lowest BCUT2D eigenvalue weighted by molar-refractivity contribution is 0.0690. The third kappa shape index (κ3) is 2.77. The molecular formula is C12H18N2O2S. The summed E-state index contributed by atoms with van der Waals surface area (Å²) in [7, 11) is 0. The summed E-state index contributed by atoms with van der Waals surface area (Å²) < 4.78 is 0. The second-order valence-corrected chi connectivity index (χ2v) is 5.67. The van der Waals surface area contributed by atoms with Crippen LogP contribution in [0.25, 0.3) is 0 Å². The summed E-state index contributed by atoms with van der Waals surface area (Å²) in [6.07, 6.45) is 4.71. The molecular weight excluding hydrogens is 236 g/mol. The molecule has 0 radical (unpaired) electrons. The van der Waals surface area contributed by atoms with Gasteiger partial charge in [-0.1, -0.05) is 13.3 Å². The number of unbranched alkanes of at least 4 members (excludes halogenated alkanes) is 1. The van der Waals surface area contributed by atoms with Crippen LogP contribution < -0.4 is 4.90 Å². The molecule has 94 valence electrons. The maximum absolute atomic E-state index is 11.0. The fourth-order valence-electron chi connectivity index (χ4n) is 1.85. The van der Waals surface area contributed by atoms with Crippen molar-refractivity contribution < 1.29 is 9.90 Å². The number of rotatable bonds is 6. The van der Waals surface area contributed by atoms with E-state index in [-0.39, 0.29) is 5.69 Å². The molecule has 1 aromatic heterocycles. The average molecular weight is 254 g/mol. The summed E-state index contributed by atoms with van der Waals surface area (Å²) in [5, 5.41) is 9.90. The van der Waals surface area contributed by atoms with E-state index in [0.29, 0.717) is 6.04 Å². The Morgan fingerprint density at radius 1 is 1.59 bits per heavy atom. The molecule has 5 heteroatoms. The molecule has 1 aromatic rings. The number of carboxylic acid groups (broad SMARTS) is 1. The number of aromatic nitrogens is 1. The second-order valence-electron chi connectivity index (χ2n) is 4.48. The fraction of sp³-hybridized carbons (Fsp3) is 0.667. The number of thiazole rings is 1. The van der Waals surface area contributed by atoms with Crippen molar-refractivity contribution in [1.29, 1.82) is 0 Å². The standard InChI is InChI=1S/C12H18N2O2S/c1-3-4-7-14(9-5-6-9)12-13-10(11(15)16)8(2)17-12/h9H,3-7H2,1-2H3,(H,15,16). The van der Waals surface area contributed by atoms with Crippen molar-refractivity contribution in [3.8, 4) is 0 Å². The summed E-state index contributed by atoms with van der Waals surface area (Å²) in [4.78, 5) is 18.3. The van der Waals surface area contributed by atoms with Crippen LogP contribution in [0, 0.1) is 6.92 Å². The minimum absolute atomic E-state index is 0.215. The van der Waals surface area contributed by atoms with Gasteiger partial charge < -0.3 is 10.0 Å². The van der Waals surface area contributed by atoms with Crippen LogP contribution in [0.15, 0.2) is 0 Å². The lowest BCUT2D eigenvalue weighted by Gasteiger charge is -2.20. The Bertz CT molecular complexity index is 413. The van der Waals surface area contributed by atoms with Crippen LogP contribution in [0.4, 0.5) is 5.13 Å². The Kier molecular flexibility index (Phi) is 3.66. The summed E-state index contributed by atoms with van der Waals surface area (Å²) in [5.41, 5.74) is 0.215. The highest BCUT2D eigenvalue weighted by Gasteiger charge is 2.31. The van der Waals surface area contributed by atoms with Crippen molar-refractivity contribution in [1.82, 2.24) is 4.98 Å². The third-order valence-electron chi connectivity index (χ3n) is 2.97. The molecule has 1 aliphatic rings. The van der Waals surface area contributed by atoms with E-state index in [4.69, 9.17) is 5.11 Å². The number of hydrogen-bond acceptors (Lipinski definition) is 4. The normalized spacial score (nSPS) is 14.9. The highest BCUT2D eigenvalue weighted by Crippen LogP contribution is 2.35. The maximum Gasteiger partial charge on any atom is 0.355 e. The summed E-state index contributed by atoms with van der Waals surface area (Å²) in [6, 6.07) is 0.591. The number of hydrogen-bond donors (Lipinski definition) is 1. The molecule has 0 aliphatic heterocycles. The minimum Gasteiger partial charge on any atom is -0.476 e. The number of aryl methyl sites for hydroxylation is 1. The van der Waals surface area contributed by atoms with Gasteiger partial charge in [0.05, 0.1) is 0 Å². The molecule has 17 heavy (non-hydrogen) atoms. The number of anilines is 1. The van der Waals surface area contributed by atoms with E-state index in [2.05, 4.69) is 16.8 Å². The number of carbonyl (C=O) groups is 1. The van der Waals surface area contributed by atoms with E-state index in [9.17, 15) is 4.79 Å². The zero-order chi connectivity index (χ0) is 12.4. The van der Waals surface area contributed by atoms with Gasteiger partial charge >= 0.3 is 5.97 Å². The number of nitrogens with zero attached hydrogens (tertiary/aromatic N) is 2. The van der Waals surface area contributed by atoms with Crippen LogP contribution in [0.1, 0.15) is 48.0 Å². The molecule has 0 atom stereocenters. The van der Waals surface area contributed by atoms with Crippen molar-refractivity contribution >= 4 is 22.4 Å². The van der Waals surface area contributed by atoms with Crippen molar-refractivity contribution in [2.75, 3.05) is 11.4 Å². The van der Waals surface area contributed by atoms with Gasteiger partial charge in [-0.2, -0.15) is 0 Å². The van der Waals surface area contributed by atoms with Crippen molar-refractivity contribution in [3.63, 3.8) is 0 Å². The molecule has 0 spiro atoms. The Hall–Kier alpha value is -1.10. The predicted octanol–water partition coefficient (Wildman–Crippen LogP) is 2.92. The number of aromatic carboxylic acids is 1. The van der Waals surface area contributed by atoms with Gasteiger partial charge in [-0.15, -0.1) is 11.3 Å². The van der Waals surface area contributed by atoms with Gasteiger partial charge in [-0.3, -0.25) is 0 Å². The third-order valence-corrected chi connectivity index (χ3v) is 3.98. The lowest BCUT2D eigenvalue weighted by Crippen LogP contribution is -2.26. The Balaban J connectivity index is 2.17. The van der Waals surface area contributed by atoms with Crippen LogP contribution >= 0.6 is 11.3 Å². The van der Waals surface area contributed by atoms with Gasteiger partial charge in [0.25, 0.3) is 0 Å². The molecule has 1 aliphatic carbocycles. The molecule has 0 saturated heterocycles. The monoisotopic (exact) mass is 254 g/mol. The highest BCUT2D eigenvalue weighted by atomic mass is 32.1. The first-order chi connectivity index (χ1) is 8.13. The number of carboxylic acids is 1. The van der Waals surface area contributed by atoms with E-state index in [1.165, 1.54) is 24.2 Å². The first-order valence-electron chi connectivity index (χ1n) is 6.10. The Labute approximate surface area is 105 Å². The Morgan fingerprint density at radius 2 is 2.29 bits per heavy atom. The molecule has 1 saturated carbocycles. The topological polar surface area (TPSA) is 53.4 Å². The van der Waals surface area contributed by atoms with Crippen LogP contribution in [-0.2, 0) is 0 Å². The molecule has 0 bridgehead atoms. The summed E-state index contributed by atoms with van der Waals surface area (Å²) >= 11 is 1.50. The minimum atomic E-state index is -0.920. The summed E-state index contributed by atoms with van der Waals surface area (Å²) in [5.74, 6) is -0.920. The first kappa shape index (κ1) is 12.4. The zero-order valence-electron chi connectivity index (χ0n) is 10.3. The average Bonchev–Trinajstić information content (AvgIpc) is 3.02. The predicted molar refractivity (Wildman–Crippen MR) is 69.1 cm³/mol. The smallest absolute Gasteiger partial charge is 0.355 e. The van der Waals surface area contributed by atoms with Crippen molar-refractivity contribution in [2.24, 2.45) is 0 Å². The SMILES string of the molecule is CCCCN(c1nc(C(=O)O)c(C)s1)C1CC1. The van der Waals surface area contributed by atoms with E-state index in [1.807, 2.05) is 6.92 Å². The van der Waals surface area contributed by atoms with E-state index in [1.54, 1.807) is 0 Å². The van der Waals surface area contributed by atoms with E-state index in [0.717, 1.165) is 29.4 Å². The fourth-order valence-corrected chi connectivity index (χ4v) is 2.85. The largest absolute Gasteiger partial charge is 0.476 e. The summed E-state index contributed by atoms with van der Waals surface area (Å²) in [6.45, 7) is 4.99. The lowest BCUT2D eigenvalue weighted by atomic mass is 10.3. The first-order valence-corrected chi connectivity index (χ1v) is 6.92. The highest BCUT2D eigenvalue weighted by molar-refractivity contribution is 7.15. The molecule has 0 amide bonds. The van der Waals surface area contributed by atoms with Gasteiger partial charge in [0.15, 0.2) is 10.8 Å². The van der Waals surface area contributed by atoms with E-state index < -0.39 is 5.97 Å². The maximum atomic E-state index is 11.0. The van der Waals surface area contributed by atoms with Gasteiger partial charge in [0.2, 0.25) is 0 Å². The molecule has 1 heterocycles. The van der Waals surface area contributed by atoms with Gasteiger partial charge in [-0.25, -0.2) is 9.78 Å². The van der Waals surface area contributed by atoms with Crippen LogP contribution in [0.5, 0.6) is 0 Å². The van der Waals surface area contributed by atoms with Gasteiger partial charge in [-0.05, 0) is 26.2 Å². The van der Waals surface area contributed by atoms with Crippen molar-refractivity contribution in [3.05, 3.63) is 10.6 Å². The molecule has 0 unspecified atom stereocenters. The van der Waals surface area contributed by atoms with E-state index >= 15 is 0 Å². The van der Waals surface area contributed by atoms with Gasteiger partial charge in [0, 0.05) is 17.5 Å². The van der Waals surface area contributed by atoms with Crippen LogP contribution in [-0.4, -0.2) is 28.6 Å². The molecule has 0 aromatic carbocycles.